The van der Waals surface area contributed by atoms with Crippen LogP contribution in [0, 0.1) is 5.92 Å². The maximum atomic E-state index is 11.0. The Balaban J connectivity index is 2.99. The third-order valence-electron chi connectivity index (χ3n) is 2.66. The standard InChI is InChI=1S/C12H18N2O2/c1-7(2)8(3)14-11-5-4-9(13)6-10(11)12(15)16/h4-8,14H,13H2,1-3H3,(H,15,16). The fourth-order valence-electron chi connectivity index (χ4n) is 1.28. The summed E-state index contributed by atoms with van der Waals surface area (Å²) in [6.07, 6.45) is 0. The Morgan fingerprint density at radius 2 is 2.00 bits per heavy atom. The van der Waals surface area contributed by atoms with Crippen molar-refractivity contribution in [1.82, 2.24) is 0 Å². The smallest absolute Gasteiger partial charge is 0.337 e. The molecule has 88 valence electrons. The van der Waals surface area contributed by atoms with E-state index in [1.807, 2.05) is 6.92 Å². The van der Waals surface area contributed by atoms with Gasteiger partial charge in [-0.2, -0.15) is 0 Å². The van der Waals surface area contributed by atoms with Crippen molar-refractivity contribution in [1.29, 1.82) is 0 Å². The number of benzene rings is 1. The number of nitrogens with two attached hydrogens (primary N) is 1. The Morgan fingerprint density at radius 3 is 2.50 bits per heavy atom. The van der Waals surface area contributed by atoms with Crippen LogP contribution in [0.1, 0.15) is 31.1 Å². The average Bonchev–Trinajstić information content (AvgIpc) is 2.20. The van der Waals surface area contributed by atoms with Crippen LogP contribution in [0.3, 0.4) is 0 Å². The van der Waals surface area contributed by atoms with E-state index < -0.39 is 5.97 Å². The summed E-state index contributed by atoms with van der Waals surface area (Å²) in [6.45, 7) is 6.18. The largest absolute Gasteiger partial charge is 0.478 e. The van der Waals surface area contributed by atoms with E-state index in [1.165, 1.54) is 6.07 Å². The molecular weight excluding hydrogens is 204 g/mol. The van der Waals surface area contributed by atoms with Gasteiger partial charge >= 0.3 is 5.97 Å². The lowest BCUT2D eigenvalue weighted by atomic mass is 10.0. The van der Waals surface area contributed by atoms with Gasteiger partial charge in [-0.3, -0.25) is 0 Å². The van der Waals surface area contributed by atoms with Crippen molar-refractivity contribution in [2.45, 2.75) is 26.8 Å². The minimum absolute atomic E-state index is 0.210. The molecule has 0 heterocycles. The molecule has 0 bridgehead atoms. The van der Waals surface area contributed by atoms with Gasteiger partial charge in [0, 0.05) is 17.4 Å². The van der Waals surface area contributed by atoms with E-state index in [2.05, 4.69) is 19.2 Å². The number of anilines is 2. The van der Waals surface area contributed by atoms with Crippen molar-refractivity contribution in [3.8, 4) is 0 Å². The maximum absolute atomic E-state index is 11.0. The first-order valence-corrected chi connectivity index (χ1v) is 5.31. The highest BCUT2D eigenvalue weighted by Gasteiger charge is 2.13. The highest BCUT2D eigenvalue weighted by atomic mass is 16.4. The van der Waals surface area contributed by atoms with Crippen LogP contribution in [0.4, 0.5) is 11.4 Å². The van der Waals surface area contributed by atoms with Gasteiger partial charge in [-0.25, -0.2) is 4.79 Å². The van der Waals surface area contributed by atoms with Gasteiger partial charge in [0.1, 0.15) is 0 Å². The summed E-state index contributed by atoms with van der Waals surface area (Å²) in [5, 5.41) is 12.2. The van der Waals surface area contributed by atoms with Crippen LogP contribution >= 0.6 is 0 Å². The lowest BCUT2D eigenvalue weighted by Crippen LogP contribution is -2.22. The summed E-state index contributed by atoms with van der Waals surface area (Å²) in [4.78, 5) is 11.0. The molecule has 1 atom stereocenters. The van der Waals surface area contributed by atoms with E-state index in [-0.39, 0.29) is 11.6 Å². The van der Waals surface area contributed by atoms with Crippen LogP contribution in [-0.2, 0) is 0 Å². The molecule has 0 aromatic heterocycles. The molecule has 0 radical (unpaired) electrons. The first-order chi connectivity index (χ1) is 7.41. The molecule has 0 saturated carbocycles. The number of carboxylic acids is 1. The molecule has 1 aromatic rings. The predicted octanol–water partition coefficient (Wildman–Crippen LogP) is 2.42. The molecule has 0 aliphatic rings. The molecule has 1 rings (SSSR count). The second-order valence-electron chi connectivity index (χ2n) is 4.29. The summed E-state index contributed by atoms with van der Waals surface area (Å²) < 4.78 is 0. The van der Waals surface area contributed by atoms with E-state index in [0.29, 0.717) is 17.3 Å². The topological polar surface area (TPSA) is 75.3 Å². The quantitative estimate of drug-likeness (QED) is 0.684. The van der Waals surface area contributed by atoms with Crippen molar-refractivity contribution in [2.24, 2.45) is 5.92 Å². The Bertz CT molecular complexity index is 389. The van der Waals surface area contributed by atoms with Crippen LogP contribution in [0.2, 0.25) is 0 Å². The molecule has 0 aliphatic heterocycles. The lowest BCUT2D eigenvalue weighted by molar-refractivity contribution is 0.0698. The molecule has 0 saturated heterocycles. The highest BCUT2D eigenvalue weighted by Crippen LogP contribution is 2.21. The number of carboxylic acid groups (broad SMARTS) is 1. The van der Waals surface area contributed by atoms with Gasteiger partial charge in [-0.15, -0.1) is 0 Å². The molecule has 0 aliphatic carbocycles. The van der Waals surface area contributed by atoms with Crippen molar-refractivity contribution in [3.63, 3.8) is 0 Å². The molecular formula is C12H18N2O2. The van der Waals surface area contributed by atoms with E-state index in [4.69, 9.17) is 10.8 Å². The SMILES string of the molecule is CC(C)C(C)Nc1ccc(N)cc1C(=O)O. The van der Waals surface area contributed by atoms with Gasteiger partial charge in [-0.05, 0) is 31.0 Å². The summed E-state index contributed by atoms with van der Waals surface area (Å²) in [6, 6.07) is 5.08. The summed E-state index contributed by atoms with van der Waals surface area (Å²) in [5.74, 6) is -0.537. The number of aromatic carboxylic acids is 1. The first-order valence-electron chi connectivity index (χ1n) is 5.31. The third-order valence-corrected chi connectivity index (χ3v) is 2.66. The Hall–Kier alpha value is -1.71. The summed E-state index contributed by atoms with van der Waals surface area (Å²) in [5.41, 5.74) is 6.85. The minimum atomic E-state index is -0.967. The molecule has 1 aromatic carbocycles. The maximum Gasteiger partial charge on any atom is 0.337 e. The fraction of sp³-hybridized carbons (Fsp3) is 0.417. The van der Waals surface area contributed by atoms with Crippen LogP contribution in [0.15, 0.2) is 18.2 Å². The van der Waals surface area contributed by atoms with Crippen molar-refractivity contribution in [2.75, 3.05) is 11.1 Å². The van der Waals surface area contributed by atoms with E-state index in [0.717, 1.165) is 0 Å². The van der Waals surface area contributed by atoms with Crippen LogP contribution < -0.4 is 11.1 Å². The monoisotopic (exact) mass is 222 g/mol. The molecule has 4 N–H and O–H groups in total. The zero-order valence-corrected chi connectivity index (χ0v) is 9.82. The molecule has 1 unspecified atom stereocenters. The first kappa shape index (κ1) is 12.4. The molecule has 0 amide bonds. The van der Waals surface area contributed by atoms with Gasteiger partial charge in [0.05, 0.1) is 5.56 Å². The highest BCUT2D eigenvalue weighted by molar-refractivity contribution is 5.95. The number of hydrogen-bond acceptors (Lipinski definition) is 3. The van der Waals surface area contributed by atoms with Crippen molar-refractivity contribution in [3.05, 3.63) is 23.8 Å². The molecule has 0 fully saturated rings. The van der Waals surface area contributed by atoms with Crippen LogP contribution in [0.5, 0.6) is 0 Å². The molecule has 4 nitrogen and oxygen atoms in total. The van der Waals surface area contributed by atoms with E-state index in [9.17, 15) is 4.79 Å². The van der Waals surface area contributed by atoms with Gasteiger partial charge in [-0.1, -0.05) is 13.8 Å². The van der Waals surface area contributed by atoms with Crippen molar-refractivity contribution >= 4 is 17.3 Å². The van der Waals surface area contributed by atoms with Gasteiger partial charge < -0.3 is 16.2 Å². The number of nitrogen functional groups attached to an aromatic ring is 1. The Labute approximate surface area is 95.5 Å². The predicted molar refractivity (Wildman–Crippen MR) is 65.7 cm³/mol. The number of hydrogen-bond donors (Lipinski definition) is 3. The van der Waals surface area contributed by atoms with Gasteiger partial charge in [0.2, 0.25) is 0 Å². The molecule has 0 spiro atoms. The minimum Gasteiger partial charge on any atom is -0.478 e. The zero-order valence-electron chi connectivity index (χ0n) is 9.82. The van der Waals surface area contributed by atoms with E-state index in [1.54, 1.807) is 12.1 Å². The third kappa shape index (κ3) is 2.89. The van der Waals surface area contributed by atoms with Crippen LogP contribution in [0.25, 0.3) is 0 Å². The number of rotatable bonds is 4. The normalized spacial score (nSPS) is 12.5. The average molecular weight is 222 g/mol. The summed E-state index contributed by atoms with van der Waals surface area (Å²) in [7, 11) is 0. The summed E-state index contributed by atoms with van der Waals surface area (Å²) >= 11 is 0. The van der Waals surface area contributed by atoms with Gasteiger partial charge in [0.15, 0.2) is 0 Å². The Morgan fingerprint density at radius 1 is 1.38 bits per heavy atom. The molecule has 16 heavy (non-hydrogen) atoms. The van der Waals surface area contributed by atoms with Gasteiger partial charge in [0.25, 0.3) is 0 Å². The zero-order chi connectivity index (χ0) is 12.3. The second kappa shape index (κ2) is 4.88. The number of nitrogens with one attached hydrogen (secondary N) is 1. The van der Waals surface area contributed by atoms with Crippen LogP contribution in [-0.4, -0.2) is 17.1 Å². The lowest BCUT2D eigenvalue weighted by Gasteiger charge is -2.20. The fourth-order valence-corrected chi connectivity index (χ4v) is 1.28. The van der Waals surface area contributed by atoms with E-state index >= 15 is 0 Å². The second-order valence-corrected chi connectivity index (χ2v) is 4.29. The molecule has 4 heteroatoms. The Kier molecular flexibility index (Phi) is 3.77. The number of carbonyl (C=O) groups is 1. The van der Waals surface area contributed by atoms with Crippen molar-refractivity contribution < 1.29 is 9.90 Å².